The van der Waals surface area contributed by atoms with Gasteiger partial charge in [-0.2, -0.15) is 0 Å². The summed E-state index contributed by atoms with van der Waals surface area (Å²) in [5.41, 5.74) is 15.4. The number of rotatable bonds is 4. The minimum Gasteiger partial charge on any atom is -0.0610 e. The van der Waals surface area contributed by atoms with E-state index in [4.69, 9.17) is 0 Å². The van der Waals surface area contributed by atoms with Crippen LogP contribution < -0.4 is 0 Å². The molecule has 0 radical (unpaired) electrons. The van der Waals surface area contributed by atoms with E-state index in [-0.39, 0.29) is 5.41 Å². The molecule has 0 heterocycles. The van der Waals surface area contributed by atoms with Gasteiger partial charge in [-0.05, 0) is 173 Å². The minimum absolute atomic E-state index is 0.146. The molecular formula is C63H40. The topological polar surface area (TPSA) is 0 Å². The lowest BCUT2D eigenvalue weighted by molar-refractivity contribution is 0.661. The molecule has 0 saturated heterocycles. The summed E-state index contributed by atoms with van der Waals surface area (Å²) in [6, 6.07) is 78.0. The Labute approximate surface area is 366 Å². The Bertz CT molecular complexity index is 4020. The third kappa shape index (κ3) is 4.98. The summed E-state index contributed by atoms with van der Waals surface area (Å²) in [4.78, 5) is 0. The van der Waals surface area contributed by atoms with Crippen molar-refractivity contribution in [1.29, 1.82) is 0 Å². The van der Waals surface area contributed by atoms with Gasteiger partial charge in [0.25, 0.3) is 0 Å². The van der Waals surface area contributed by atoms with Gasteiger partial charge in [-0.3, -0.25) is 0 Å². The second kappa shape index (κ2) is 12.6. The maximum Gasteiger partial charge on any atom is 0.0159 e. The van der Waals surface area contributed by atoms with Crippen LogP contribution in [0.2, 0.25) is 0 Å². The van der Waals surface area contributed by atoms with Gasteiger partial charge in [0.15, 0.2) is 0 Å². The molecule has 0 nitrogen and oxygen atoms in total. The number of benzene rings is 13. The van der Waals surface area contributed by atoms with Gasteiger partial charge in [-0.15, -0.1) is 0 Å². The van der Waals surface area contributed by atoms with Gasteiger partial charge in [0, 0.05) is 5.41 Å². The molecule has 0 spiro atoms. The summed E-state index contributed by atoms with van der Waals surface area (Å²) in [5, 5.41) is 18.4. The van der Waals surface area contributed by atoms with E-state index in [1.54, 1.807) is 0 Å². The van der Waals surface area contributed by atoms with E-state index in [9.17, 15) is 0 Å². The summed E-state index contributed by atoms with van der Waals surface area (Å²) in [6.45, 7) is 4.79. The standard InChI is InChI=1S/C63H40/c1-63(2)57-35-47(43-10-5-11-49(33-43)51-26-20-41-14-12-37-6-3-8-39-22-30-55(51)61(41)59(37)39)24-28-53(57)54-29-25-48(36-58(54)63)45-16-17-46-34-50(19-18-44(46)32-45)52-27-21-42-15-13-38-7-4-9-40-23-31-56(52)62(42)60(38)40/h3-36H,1-2H3. The maximum atomic E-state index is 2.45. The van der Waals surface area contributed by atoms with Gasteiger partial charge >= 0.3 is 0 Å². The summed E-state index contributed by atoms with van der Waals surface area (Å²) >= 11 is 0. The van der Waals surface area contributed by atoms with E-state index < -0.39 is 0 Å². The first-order chi connectivity index (χ1) is 30.9. The van der Waals surface area contributed by atoms with E-state index in [2.05, 4.69) is 220 Å². The van der Waals surface area contributed by atoms with Gasteiger partial charge in [0.2, 0.25) is 0 Å². The number of fused-ring (bicyclic) bond motifs is 4. The van der Waals surface area contributed by atoms with E-state index in [1.165, 1.54) is 142 Å². The predicted molar refractivity (Wildman–Crippen MR) is 271 cm³/mol. The molecule has 0 unspecified atom stereocenters. The molecular weight excluding hydrogens is 757 g/mol. The van der Waals surface area contributed by atoms with Crippen LogP contribution >= 0.6 is 0 Å². The highest BCUT2D eigenvalue weighted by molar-refractivity contribution is 6.26. The first-order valence-electron chi connectivity index (χ1n) is 22.2. The Morgan fingerprint density at radius 3 is 1.11 bits per heavy atom. The molecule has 1 aliphatic rings. The average molecular weight is 797 g/mol. The largest absolute Gasteiger partial charge is 0.0610 e. The van der Waals surface area contributed by atoms with Crippen molar-refractivity contribution in [3.05, 3.63) is 217 Å². The van der Waals surface area contributed by atoms with Crippen molar-refractivity contribution < 1.29 is 0 Å². The zero-order chi connectivity index (χ0) is 41.6. The van der Waals surface area contributed by atoms with Crippen LogP contribution in [0, 0.1) is 0 Å². The van der Waals surface area contributed by atoms with Gasteiger partial charge in [0.1, 0.15) is 0 Å². The molecule has 0 N–H and O–H groups in total. The molecule has 63 heavy (non-hydrogen) atoms. The summed E-state index contributed by atoms with van der Waals surface area (Å²) < 4.78 is 0. The monoisotopic (exact) mass is 796 g/mol. The molecule has 13 aromatic rings. The Morgan fingerprint density at radius 2 is 0.571 bits per heavy atom. The normalized spacial score (nSPS) is 13.4. The van der Waals surface area contributed by atoms with Crippen LogP contribution in [0.4, 0.5) is 0 Å². The third-order valence-corrected chi connectivity index (χ3v) is 14.7. The maximum absolute atomic E-state index is 2.45. The highest BCUT2D eigenvalue weighted by Crippen LogP contribution is 2.51. The first-order valence-corrected chi connectivity index (χ1v) is 22.2. The number of hydrogen-bond acceptors (Lipinski definition) is 0. The van der Waals surface area contributed by atoms with Crippen LogP contribution in [-0.2, 0) is 5.41 Å². The second-order valence-electron chi connectivity index (χ2n) is 18.4. The highest BCUT2D eigenvalue weighted by Gasteiger charge is 2.36. The van der Waals surface area contributed by atoms with Crippen LogP contribution in [0.5, 0.6) is 0 Å². The first kappa shape index (κ1) is 34.9. The smallest absolute Gasteiger partial charge is 0.0159 e. The van der Waals surface area contributed by atoms with Gasteiger partial charge in [-0.1, -0.05) is 190 Å². The van der Waals surface area contributed by atoms with Crippen LogP contribution in [0.15, 0.2) is 206 Å². The fourth-order valence-electron chi connectivity index (χ4n) is 11.5. The van der Waals surface area contributed by atoms with Crippen LogP contribution in [-0.4, -0.2) is 0 Å². The summed E-state index contributed by atoms with van der Waals surface area (Å²) in [7, 11) is 0. The SMILES string of the molecule is CC1(C)c2cc(-c3cccc(-c4ccc5ccc6cccc7ccc4c5c67)c3)ccc2-c2ccc(-c3ccc4cc(-c5ccc6ccc7cccc8ccc5c6c78)ccc4c3)cc21. The van der Waals surface area contributed by atoms with Crippen molar-refractivity contribution in [3.8, 4) is 55.6 Å². The van der Waals surface area contributed by atoms with Crippen molar-refractivity contribution >= 4 is 75.4 Å². The molecule has 0 heteroatoms. The fraction of sp³-hybridized carbons (Fsp3) is 0.0476. The van der Waals surface area contributed by atoms with Gasteiger partial charge in [0.05, 0.1) is 0 Å². The average Bonchev–Trinajstić information content (AvgIpc) is 3.56. The molecule has 292 valence electrons. The Balaban J connectivity index is 0.795. The van der Waals surface area contributed by atoms with Crippen molar-refractivity contribution in [3.63, 3.8) is 0 Å². The third-order valence-electron chi connectivity index (χ3n) is 14.7. The molecule has 13 aromatic carbocycles. The van der Waals surface area contributed by atoms with Crippen LogP contribution in [0.25, 0.3) is 131 Å². The molecule has 0 amide bonds. The summed E-state index contributed by atoms with van der Waals surface area (Å²) in [5.74, 6) is 0. The van der Waals surface area contributed by atoms with Crippen molar-refractivity contribution in [2.24, 2.45) is 0 Å². The van der Waals surface area contributed by atoms with Gasteiger partial charge in [-0.25, -0.2) is 0 Å². The second-order valence-corrected chi connectivity index (χ2v) is 18.4. The van der Waals surface area contributed by atoms with Crippen molar-refractivity contribution in [2.45, 2.75) is 19.3 Å². The van der Waals surface area contributed by atoms with E-state index in [0.29, 0.717) is 0 Å². The van der Waals surface area contributed by atoms with Crippen molar-refractivity contribution in [1.82, 2.24) is 0 Å². The molecule has 0 aromatic heterocycles. The fourth-order valence-corrected chi connectivity index (χ4v) is 11.5. The summed E-state index contributed by atoms with van der Waals surface area (Å²) in [6.07, 6.45) is 0. The van der Waals surface area contributed by atoms with E-state index in [0.717, 1.165) is 0 Å². The number of hydrogen-bond donors (Lipinski definition) is 0. The molecule has 1 aliphatic carbocycles. The lowest BCUT2D eigenvalue weighted by Gasteiger charge is -2.23. The zero-order valence-corrected chi connectivity index (χ0v) is 35.1. The van der Waals surface area contributed by atoms with Crippen LogP contribution in [0.1, 0.15) is 25.0 Å². The molecule has 0 atom stereocenters. The molecule has 0 fully saturated rings. The van der Waals surface area contributed by atoms with Crippen LogP contribution in [0.3, 0.4) is 0 Å². The van der Waals surface area contributed by atoms with E-state index >= 15 is 0 Å². The molecule has 0 saturated carbocycles. The lowest BCUT2D eigenvalue weighted by Crippen LogP contribution is -2.15. The lowest BCUT2D eigenvalue weighted by atomic mass is 9.80. The Morgan fingerprint density at radius 1 is 0.238 bits per heavy atom. The molecule has 14 rings (SSSR count). The molecule has 0 bridgehead atoms. The van der Waals surface area contributed by atoms with Crippen molar-refractivity contribution in [2.75, 3.05) is 0 Å². The quantitative estimate of drug-likeness (QED) is 0.156. The molecule has 0 aliphatic heterocycles. The predicted octanol–water partition coefficient (Wildman–Crippen LogP) is 17.6. The highest BCUT2D eigenvalue weighted by atomic mass is 14.4. The minimum atomic E-state index is -0.146. The van der Waals surface area contributed by atoms with E-state index in [1.807, 2.05) is 0 Å². The Hall–Kier alpha value is -7.80. The Kier molecular flexibility index (Phi) is 6.99. The zero-order valence-electron chi connectivity index (χ0n) is 35.1. The van der Waals surface area contributed by atoms with Gasteiger partial charge < -0.3 is 0 Å².